The van der Waals surface area contributed by atoms with Crippen molar-refractivity contribution in [1.29, 1.82) is 0 Å². The van der Waals surface area contributed by atoms with Gasteiger partial charge in [0.25, 0.3) is 0 Å². The summed E-state index contributed by atoms with van der Waals surface area (Å²) in [5.74, 6) is -0.894. The highest BCUT2D eigenvalue weighted by Crippen LogP contribution is 2.14. The number of nitrogens with two attached hydrogens (primary N) is 1. The van der Waals surface area contributed by atoms with E-state index in [9.17, 15) is 9.59 Å². The fourth-order valence-corrected chi connectivity index (χ4v) is 2.39. The summed E-state index contributed by atoms with van der Waals surface area (Å²) in [6, 6.07) is -0.935. The molecule has 0 aliphatic carbocycles. The molecule has 0 aliphatic heterocycles. The van der Waals surface area contributed by atoms with Gasteiger partial charge in [0, 0.05) is 11.1 Å². The predicted molar refractivity (Wildman–Crippen MR) is 68.4 cm³/mol. The number of hydrogen-bond donors (Lipinski definition) is 3. The van der Waals surface area contributed by atoms with Crippen LogP contribution in [0.1, 0.15) is 5.69 Å². The first-order valence-electron chi connectivity index (χ1n) is 4.77. The number of anilines is 1. The van der Waals surface area contributed by atoms with Gasteiger partial charge in [0.1, 0.15) is 6.04 Å². The molecule has 1 aromatic heterocycles. The minimum atomic E-state index is -1.06. The highest BCUT2D eigenvalue weighted by Gasteiger charge is 2.12. The number of hydrogen-bond acceptors (Lipinski definition) is 6. The molecule has 0 saturated carbocycles. The van der Waals surface area contributed by atoms with Crippen LogP contribution in [0.5, 0.6) is 0 Å². The molecule has 0 aliphatic rings. The monoisotopic (exact) mass is 275 g/mol. The van der Waals surface area contributed by atoms with Crippen molar-refractivity contribution < 1.29 is 14.7 Å². The number of thioether (sulfide) groups is 1. The Morgan fingerprint density at radius 1 is 1.71 bits per heavy atom. The van der Waals surface area contributed by atoms with Crippen LogP contribution in [0.3, 0.4) is 0 Å². The SMILES string of the molecule is Cc1csc(NC(=O)CSCC(N)C(=O)O)n1. The summed E-state index contributed by atoms with van der Waals surface area (Å²) < 4.78 is 0. The zero-order chi connectivity index (χ0) is 12.8. The van der Waals surface area contributed by atoms with Crippen LogP contribution in [0.25, 0.3) is 0 Å². The Morgan fingerprint density at radius 3 is 2.94 bits per heavy atom. The highest BCUT2D eigenvalue weighted by atomic mass is 32.2. The quantitative estimate of drug-likeness (QED) is 0.699. The summed E-state index contributed by atoms with van der Waals surface area (Å²) in [5.41, 5.74) is 6.15. The Labute approximate surface area is 107 Å². The van der Waals surface area contributed by atoms with Crippen molar-refractivity contribution in [2.45, 2.75) is 13.0 Å². The van der Waals surface area contributed by atoms with Crippen molar-refractivity contribution in [3.8, 4) is 0 Å². The number of nitrogens with one attached hydrogen (secondary N) is 1. The Hall–Kier alpha value is -1.12. The van der Waals surface area contributed by atoms with Gasteiger partial charge >= 0.3 is 5.97 Å². The molecular formula is C9H13N3O3S2. The van der Waals surface area contributed by atoms with Crippen LogP contribution in [0.4, 0.5) is 5.13 Å². The standard InChI is InChI=1S/C9H13N3O3S2/c1-5-2-17-9(11-5)12-7(13)4-16-3-6(10)8(14)15/h2,6H,3-4,10H2,1H3,(H,14,15)(H,11,12,13). The van der Waals surface area contributed by atoms with Crippen molar-refractivity contribution in [3.05, 3.63) is 11.1 Å². The molecule has 0 aromatic carbocycles. The Morgan fingerprint density at radius 2 is 2.41 bits per heavy atom. The lowest BCUT2D eigenvalue weighted by molar-refractivity contribution is -0.137. The number of aliphatic carboxylic acids is 1. The summed E-state index contributed by atoms with van der Waals surface area (Å²) in [6.07, 6.45) is 0. The van der Waals surface area contributed by atoms with E-state index in [-0.39, 0.29) is 17.4 Å². The summed E-state index contributed by atoms with van der Waals surface area (Å²) in [6.45, 7) is 1.84. The number of carbonyl (C=O) groups excluding carboxylic acids is 1. The molecule has 1 heterocycles. The molecule has 6 nitrogen and oxygen atoms in total. The average molecular weight is 275 g/mol. The van der Waals surface area contributed by atoms with E-state index in [1.165, 1.54) is 23.1 Å². The maximum Gasteiger partial charge on any atom is 0.321 e. The Bertz CT molecular complexity index is 408. The lowest BCUT2D eigenvalue weighted by atomic mass is 10.4. The number of carboxylic acid groups (broad SMARTS) is 1. The minimum Gasteiger partial charge on any atom is -0.480 e. The second kappa shape index (κ2) is 6.58. The van der Waals surface area contributed by atoms with Crippen LogP contribution < -0.4 is 11.1 Å². The second-order valence-electron chi connectivity index (χ2n) is 3.30. The molecule has 1 aromatic rings. The molecule has 1 atom stereocenters. The van der Waals surface area contributed by atoms with Gasteiger partial charge in [-0.2, -0.15) is 0 Å². The van der Waals surface area contributed by atoms with Gasteiger partial charge in [-0.3, -0.25) is 9.59 Å². The highest BCUT2D eigenvalue weighted by molar-refractivity contribution is 8.00. The smallest absolute Gasteiger partial charge is 0.321 e. The number of thiazole rings is 1. The van der Waals surface area contributed by atoms with Crippen LogP contribution in [0.15, 0.2) is 5.38 Å². The van der Waals surface area contributed by atoms with Crippen molar-refractivity contribution in [3.63, 3.8) is 0 Å². The van der Waals surface area contributed by atoms with Gasteiger partial charge in [0.05, 0.1) is 11.4 Å². The van der Waals surface area contributed by atoms with E-state index in [1.54, 1.807) is 0 Å². The Kier molecular flexibility index (Phi) is 5.39. The molecule has 8 heteroatoms. The van der Waals surface area contributed by atoms with E-state index < -0.39 is 12.0 Å². The molecule has 94 valence electrons. The van der Waals surface area contributed by atoms with E-state index in [0.29, 0.717) is 5.13 Å². The van der Waals surface area contributed by atoms with Gasteiger partial charge in [-0.15, -0.1) is 23.1 Å². The lowest BCUT2D eigenvalue weighted by Gasteiger charge is -2.05. The van der Waals surface area contributed by atoms with Gasteiger partial charge in [0.2, 0.25) is 5.91 Å². The van der Waals surface area contributed by atoms with Crippen molar-refractivity contribution in [2.24, 2.45) is 5.73 Å². The van der Waals surface area contributed by atoms with Crippen LogP contribution >= 0.6 is 23.1 Å². The predicted octanol–water partition coefficient (Wildman–Crippen LogP) is 0.535. The molecule has 0 saturated heterocycles. The lowest BCUT2D eigenvalue weighted by Crippen LogP contribution is -2.33. The fraction of sp³-hybridized carbons (Fsp3) is 0.444. The van der Waals surface area contributed by atoms with Crippen LogP contribution in [-0.4, -0.2) is 39.5 Å². The zero-order valence-corrected chi connectivity index (χ0v) is 10.8. The maximum absolute atomic E-state index is 11.4. The Balaban J connectivity index is 2.24. The van der Waals surface area contributed by atoms with Gasteiger partial charge in [0.15, 0.2) is 5.13 Å². The van der Waals surface area contributed by atoms with Crippen molar-refractivity contribution >= 4 is 40.1 Å². The van der Waals surface area contributed by atoms with Gasteiger partial charge in [-0.1, -0.05) is 0 Å². The van der Waals surface area contributed by atoms with E-state index in [0.717, 1.165) is 5.69 Å². The minimum absolute atomic E-state index is 0.166. The summed E-state index contributed by atoms with van der Waals surface area (Å²) in [4.78, 5) is 25.9. The summed E-state index contributed by atoms with van der Waals surface area (Å²) >= 11 is 2.53. The molecule has 1 rings (SSSR count). The molecule has 0 spiro atoms. The van der Waals surface area contributed by atoms with Crippen LogP contribution in [0, 0.1) is 6.92 Å². The molecule has 17 heavy (non-hydrogen) atoms. The number of carboxylic acids is 1. The van der Waals surface area contributed by atoms with Gasteiger partial charge in [-0.25, -0.2) is 4.98 Å². The zero-order valence-electron chi connectivity index (χ0n) is 9.17. The van der Waals surface area contributed by atoms with Crippen molar-refractivity contribution in [1.82, 2.24) is 4.98 Å². The first kappa shape index (κ1) is 13.9. The third kappa shape index (κ3) is 5.16. The number of aromatic nitrogens is 1. The van der Waals surface area contributed by atoms with E-state index in [2.05, 4.69) is 10.3 Å². The molecule has 0 radical (unpaired) electrons. The number of nitrogens with zero attached hydrogens (tertiary/aromatic N) is 1. The number of rotatable bonds is 6. The van der Waals surface area contributed by atoms with E-state index in [4.69, 9.17) is 10.8 Å². The number of carbonyl (C=O) groups is 2. The number of aryl methyl sites for hydroxylation is 1. The van der Waals surface area contributed by atoms with E-state index >= 15 is 0 Å². The largest absolute Gasteiger partial charge is 0.480 e. The summed E-state index contributed by atoms with van der Waals surface area (Å²) in [5, 5.41) is 13.6. The van der Waals surface area contributed by atoms with Gasteiger partial charge < -0.3 is 16.2 Å². The van der Waals surface area contributed by atoms with Crippen LogP contribution in [-0.2, 0) is 9.59 Å². The van der Waals surface area contributed by atoms with Crippen molar-refractivity contribution in [2.75, 3.05) is 16.8 Å². The summed E-state index contributed by atoms with van der Waals surface area (Å²) in [7, 11) is 0. The third-order valence-electron chi connectivity index (χ3n) is 1.71. The molecule has 0 bridgehead atoms. The second-order valence-corrected chi connectivity index (χ2v) is 5.19. The number of amides is 1. The maximum atomic E-state index is 11.4. The van der Waals surface area contributed by atoms with Crippen LogP contribution in [0.2, 0.25) is 0 Å². The first-order chi connectivity index (χ1) is 7.99. The molecule has 1 unspecified atom stereocenters. The molecule has 4 N–H and O–H groups in total. The first-order valence-corrected chi connectivity index (χ1v) is 6.80. The van der Waals surface area contributed by atoms with E-state index in [1.807, 2.05) is 12.3 Å². The van der Waals surface area contributed by atoms with Gasteiger partial charge in [-0.05, 0) is 6.92 Å². The molecule has 1 amide bonds. The fourth-order valence-electron chi connectivity index (χ4n) is 0.917. The topological polar surface area (TPSA) is 105 Å². The third-order valence-corrected chi connectivity index (χ3v) is 3.65. The average Bonchev–Trinajstić information content (AvgIpc) is 2.63. The molecular weight excluding hydrogens is 262 g/mol. The normalized spacial score (nSPS) is 12.1. The molecule has 0 fully saturated rings.